The van der Waals surface area contributed by atoms with Crippen molar-refractivity contribution in [2.45, 2.75) is 6.61 Å². The minimum atomic E-state index is -0.748. The van der Waals surface area contributed by atoms with Crippen LogP contribution in [0.3, 0.4) is 0 Å². The van der Waals surface area contributed by atoms with Crippen molar-refractivity contribution in [3.05, 3.63) is 88.4 Å². The van der Waals surface area contributed by atoms with E-state index in [-0.39, 0.29) is 17.4 Å². The number of halogens is 2. The fraction of sp³-hybridized carbons (Fsp3) is 0.0476. The zero-order chi connectivity index (χ0) is 19.2. The molecule has 136 valence electrons. The third kappa shape index (κ3) is 5.33. The highest BCUT2D eigenvalue weighted by Crippen LogP contribution is 2.27. The van der Waals surface area contributed by atoms with E-state index in [1.165, 1.54) is 18.2 Å². The zero-order valence-corrected chi connectivity index (χ0v) is 15.5. The number of rotatable bonds is 5. The van der Waals surface area contributed by atoms with Crippen LogP contribution in [0.2, 0.25) is 10.0 Å². The van der Waals surface area contributed by atoms with Crippen LogP contribution in [0.25, 0.3) is 10.8 Å². The molecule has 0 amide bonds. The van der Waals surface area contributed by atoms with Gasteiger partial charge in [-0.1, -0.05) is 59.6 Å². The van der Waals surface area contributed by atoms with E-state index in [0.29, 0.717) is 5.02 Å². The molecule has 0 N–H and O–H groups in total. The van der Waals surface area contributed by atoms with Crippen molar-refractivity contribution < 1.29 is 19.1 Å². The summed E-state index contributed by atoms with van der Waals surface area (Å²) in [6.45, 7) is 0.103. The number of esters is 2. The number of ether oxygens (including phenoxy) is 2. The Labute approximate surface area is 165 Å². The molecule has 4 nitrogen and oxygen atoms in total. The highest BCUT2D eigenvalue weighted by Gasteiger charge is 2.07. The molecule has 3 rings (SSSR count). The highest BCUT2D eigenvalue weighted by molar-refractivity contribution is 6.35. The summed E-state index contributed by atoms with van der Waals surface area (Å²) >= 11 is 11.7. The molecule has 3 aromatic rings. The summed E-state index contributed by atoms with van der Waals surface area (Å²) in [7, 11) is 0. The van der Waals surface area contributed by atoms with Gasteiger partial charge in [-0.05, 0) is 40.6 Å². The van der Waals surface area contributed by atoms with Crippen LogP contribution in [-0.2, 0) is 20.9 Å². The van der Waals surface area contributed by atoms with Crippen molar-refractivity contribution in [1.29, 1.82) is 0 Å². The molecule has 0 unspecified atom stereocenters. The lowest BCUT2D eigenvalue weighted by atomic mass is 10.1. The van der Waals surface area contributed by atoms with Crippen molar-refractivity contribution in [1.82, 2.24) is 0 Å². The Kier molecular flexibility index (Phi) is 6.12. The Hall–Kier alpha value is -2.82. The lowest BCUT2D eigenvalue weighted by molar-refractivity contribution is -0.139. The van der Waals surface area contributed by atoms with E-state index >= 15 is 0 Å². The van der Waals surface area contributed by atoms with Gasteiger partial charge in [-0.2, -0.15) is 0 Å². The summed E-state index contributed by atoms with van der Waals surface area (Å²) in [5.74, 6) is -1.25. The minimum Gasteiger partial charge on any atom is -0.458 e. The van der Waals surface area contributed by atoms with Crippen LogP contribution < -0.4 is 4.74 Å². The molecule has 0 aliphatic rings. The Bertz CT molecular complexity index is 1030. The fourth-order valence-corrected chi connectivity index (χ4v) is 2.81. The van der Waals surface area contributed by atoms with E-state index in [4.69, 9.17) is 32.7 Å². The first-order chi connectivity index (χ1) is 13.0. The van der Waals surface area contributed by atoms with E-state index in [1.807, 2.05) is 42.5 Å². The van der Waals surface area contributed by atoms with Crippen molar-refractivity contribution in [2.75, 3.05) is 0 Å². The van der Waals surface area contributed by atoms with Gasteiger partial charge in [-0.25, -0.2) is 9.59 Å². The van der Waals surface area contributed by atoms with Gasteiger partial charge in [0.15, 0.2) is 0 Å². The molecule has 0 bridgehead atoms. The van der Waals surface area contributed by atoms with Crippen LogP contribution in [0.4, 0.5) is 0 Å². The number of benzene rings is 3. The lowest BCUT2D eigenvalue weighted by Crippen LogP contribution is -2.07. The molecule has 0 aromatic heterocycles. The van der Waals surface area contributed by atoms with Gasteiger partial charge in [0.25, 0.3) is 0 Å². The first kappa shape index (κ1) is 19.0. The van der Waals surface area contributed by atoms with E-state index in [1.54, 1.807) is 0 Å². The molecular weight excluding hydrogens is 387 g/mol. The van der Waals surface area contributed by atoms with Gasteiger partial charge >= 0.3 is 11.9 Å². The van der Waals surface area contributed by atoms with Crippen molar-refractivity contribution in [2.24, 2.45) is 0 Å². The maximum Gasteiger partial charge on any atom is 0.336 e. The molecule has 0 fully saturated rings. The maximum absolute atomic E-state index is 11.8. The SMILES string of the molecule is O=C(/C=C/C(=O)Oc1ccc(Cl)cc1Cl)OCc1ccc2ccccc2c1. The minimum absolute atomic E-state index is 0.103. The molecule has 6 heteroatoms. The van der Waals surface area contributed by atoms with Gasteiger partial charge < -0.3 is 9.47 Å². The van der Waals surface area contributed by atoms with Gasteiger partial charge in [0.1, 0.15) is 12.4 Å². The van der Waals surface area contributed by atoms with Gasteiger partial charge in [-0.15, -0.1) is 0 Å². The molecule has 0 aliphatic heterocycles. The lowest BCUT2D eigenvalue weighted by Gasteiger charge is -2.05. The average Bonchev–Trinajstić information content (AvgIpc) is 2.67. The van der Waals surface area contributed by atoms with Gasteiger partial charge in [-0.3, -0.25) is 0 Å². The second kappa shape index (κ2) is 8.71. The summed E-state index contributed by atoms with van der Waals surface area (Å²) in [5, 5.41) is 2.79. The van der Waals surface area contributed by atoms with Gasteiger partial charge in [0.2, 0.25) is 0 Å². The quantitative estimate of drug-likeness (QED) is 0.329. The fourth-order valence-electron chi connectivity index (χ4n) is 2.37. The number of fused-ring (bicyclic) bond motifs is 1. The predicted octanol–water partition coefficient (Wildman–Crippen LogP) is 5.35. The summed E-state index contributed by atoms with van der Waals surface area (Å²) in [4.78, 5) is 23.6. The van der Waals surface area contributed by atoms with Crippen LogP contribution >= 0.6 is 23.2 Å². The molecule has 3 aromatic carbocycles. The van der Waals surface area contributed by atoms with Crippen LogP contribution in [0.5, 0.6) is 5.75 Å². The normalized spacial score (nSPS) is 10.9. The Morgan fingerprint density at radius 1 is 0.852 bits per heavy atom. The third-order valence-corrected chi connectivity index (χ3v) is 4.19. The van der Waals surface area contributed by atoms with Crippen LogP contribution in [0.15, 0.2) is 72.8 Å². The van der Waals surface area contributed by atoms with Crippen molar-refractivity contribution in [3.63, 3.8) is 0 Å². The molecule has 0 saturated heterocycles. The third-order valence-electron chi connectivity index (χ3n) is 3.65. The second-order valence-electron chi connectivity index (χ2n) is 5.62. The second-order valence-corrected chi connectivity index (χ2v) is 6.46. The summed E-state index contributed by atoms with van der Waals surface area (Å²) in [5.41, 5.74) is 0.853. The highest BCUT2D eigenvalue weighted by atomic mass is 35.5. The molecular formula is C21H14Cl2O4. The maximum atomic E-state index is 11.8. The standard InChI is InChI=1S/C21H14Cl2O4/c22-17-7-8-19(18(23)12-17)27-21(25)10-9-20(24)26-13-14-5-6-15-3-1-2-4-16(15)11-14/h1-12H,13H2/b10-9+. The Morgan fingerprint density at radius 3 is 2.37 bits per heavy atom. The molecule has 0 saturated carbocycles. The predicted molar refractivity (Wildman–Crippen MR) is 105 cm³/mol. The Morgan fingerprint density at radius 2 is 1.59 bits per heavy atom. The molecule has 27 heavy (non-hydrogen) atoms. The van der Waals surface area contributed by atoms with E-state index in [2.05, 4.69) is 0 Å². The molecule has 0 heterocycles. The topological polar surface area (TPSA) is 52.6 Å². The number of carbonyl (C=O) groups excluding carboxylic acids is 2. The van der Waals surface area contributed by atoms with E-state index in [9.17, 15) is 9.59 Å². The number of hydrogen-bond acceptors (Lipinski definition) is 4. The summed E-state index contributed by atoms with van der Waals surface area (Å²) in [6.07, 6.45) is 1.99. The van der Waals surface area contributed by atoms with E-state index in [0.717, 1.165) is 28.5 Å². The van der Waals surface area contributed by atoms with Crippen LogP contribution in [0.1, 0.15) is 5.56 Å². The first-order valence-electron chi connectivity index (χ1n) is 8.00. The smallest absolute Gasteiger partial charge is 0.336 e. The summed E-state index contributed by atoms with van der Waals surface area (Å²) < 4.78 is 10.2. The summed E-state index contributed by atoms with van der Waals surface area (Å²) in [6, 6.07) is 18.1. The first-order valence-corrected chi connectivity index (χ1v) is 8.76. The molecule has 0 atom stereocenters. The van der Waals surface area contributed by atoms with Crippen LogP contribution in [0, 0.1) is 0 Å². The zero-order valence-electron chi connectivity index (χ0n) is 14.0. The molecule has 0 spiro atoms. The monoisotopic (exact) mass is 400 g/mol. The number of hydrogen-bond donors (Lipinski definition) is 0. The van der Waals surface area contributed by atoms with E-state index < -0.39 is 11.9 Å². The molecule has 0 aliphatic carbocycles. The molecule has 0 radical (unpaired) electrons. The van der Waals surface area contributed by atoms with Crippen molar-refractivity contribution in [3.8, 4) is 5.75 Å². The van der Waals surface area contributed by atoms with Gasteiger partial charge in [0, 0.05) is 17.2 Å². The van der Waals surface area contributed by atoms with Crippen molar-refractivity contribution >= 4 is 45.9 Å². The Balaban J connectivity index is 1.53. The number of carbonyl (C=O) groups is 2. The van der Waals surface area contributed by atoms with Crippen LogP contribution in [-0.4, -0.2) is 11.9 Å². The largest absolute Gasteiger partial charge is 0.458 e. The average molecular weight is 401 g/mol. The van der Waals surface area contributed by atoms with Gasteiger partial charge in [0.05, 0.1) is 5.02 Å².